The average molecular weight is 523 g/mol. The minimum absolute atomic E-state index is 0.0779. The summed E-state index contributed by atoms with van der Waals surface area (Å²) >= 11 is 0. The molecule has 0 aliphatic carbocycles. The van der Waals surface area contributed by atoms with Crippen LogP contribution in [0.4, 0.5) is 17.2 Å². The Labute approximate surface area is 226 Å². The lowest BCUT2D eigenvalue weighted by Gasteiger charge is -2.23. The number of nitrogens with zero attached hydrogens (tertiary/aromatic N) is 6. The van der Waals surface area contributed by atoms with Crippen molar-refractivity contribution in [3.05, 3.63) is 78.6 Å². The molecule has 1 fully saturated rings. The summed E-state index contributed by atoms with van der Waals surface area (Å²) < 4.78 is 13.3. The van der Waals surface area contributed by atoms with Gasteiger partial charge in [0.1, 0.15) is 29.1 Å². The summed E-state index contributed by atoms with van der Waals surface area (Å²) in [6, 6.07) is 16.0. The van der Waals surface area contributed by atoms with E-state index < -0.39 is 0 Å². The molecule has 0 radical (unpaired) electrons. The molecule has 1 aliphatic rings. The maximum Gasteiger partial charge on any atom is 0.213 e. The molecule has 4 aromatic heterocycles. The first-order chi connectivity index (χ1) is 19.2. The summed E-state index contributed by atoms with van der Waals surface area (Å²) in [7, 11) is 1.59. The van der Waals surface area contributed by atoms with E-state index in [-0.39, 0.29) is 6.23 Å². The monoisotopic (exact) mass is 522 g/mol. The van der Waals surface area contributed by atoms with Crippen molar-refractivity contribution in [2.45, 2.75) is 39.0 Å². The zero-order chi connectivity index (χ0) is 26.6. The van der Waals surface area contributed by atoms with Gasteiger partial charge in [-0.3, -0.25) is 4.57 Å². The lowest BCUT2D eigenvalue weighted by Crippen LogP contribution is -2.18. The van der Waals surface area contributed by atoms with Crippen LogP contribution in [0.2, 0.25) is 0 Å². The first-order valence-corrected chi connectivity index (χ1v) is 13.1. The second kappa shape index (κ2) is 11.0. The van der Waals surface area contributed by atoms with Gasteiger partial charge >= 0.3 is 0 Å². The van der Waals surface area contributed by atoms with Gasteiger partial charge in [-0.2, -0.15) is 0 Å². The van der Waals surface area contributed by atoms with Crippen LogP contribution in [0.3, 0.4) is 0 Å². The molecule has 2 N–H and O–H groups in total. The lowest BCUT2D eigenvalue weighted by atomic mass is 10.1. The van der Waals surface area contributed by atoms with Crippen LogP contribution in [0.15, 0.2) is 67.3 Å². The fourth-order valence-electron chi connectivity index (χ4n) is 4.72. The normalized spacial score (nSPS) is 15.3. The topological polar surface area (TPSA) is 112 Å². The average Bonchev–Trinajstić information content (AvgIpc) is 3.41. The van der Waals surface area contributed by atoms with E-state index in [1.165, 1.54) is 5.56 Å². The molecule has 1 atom stereocenters. The number of pyridine rings is 2. The Kier molecular flexibility index (Phi) is 7.01. The zero-order valence-corrected chi connectivity index (χ0v) is 22.0. The maximum absolute atomic E-state index is 6.04. The predicted octanol–water partition coefficient (Wildman–Crippen LogP) is 5.66. The van der Waals surface area contributed by atoms with Gasteiger partial charge in [0, 0.05) is 24.8 Å². The summed E-state index contributed by atoms with van der Waals surface area (Å²) in [4.78, 5) is 23.5. The van der Waals surface area contributed by atoms with E-state index in [1.807, 2.05) is 54.3 Å². The van der Waals surface area contributed by atoms with Crippen LogP contribution in [-0.4, -0.2) is 43.2 Å². The Morgan fingerprint density at radius 2 is 1.87 bits per heavy atom. The van der Waals surface area contributed by atoms with E-state index in [4.69, 9.17) is 29.4 Å². The van der Waals surface area contributed by atoms with Crippen LogP contribution in [0.5, 0.6) is 5.88 Å². The Hall–Kier alpha value is -4.57. The molecule has 198 valence electrons. The first kappa shape index (κ1) is 24.7. The molecule has 0 saturated carbocycles. The van der Waals surface area contributed by atoms with Gasteiger partial charge < -0.3 is 20.1 Å². The Morgan fingerprint density at radius 3 is 2.64 bits per heavy atom. The highest BCUT2D eigenvalue weighted by molar-refractivity contribution is 5.92. The summed E-state index contributed by atoms with van der Waals surface area (Å²) in [5.74, 6) is 1.82. The molecular weight excluding hydrogens is 492 g/mol. The van der Waals surface area contributed by atoms with Crippen LogP contribution in [0, 0.1) is 6.92 Å². The Morgan fingerprint density at radius 1 is 1.00 bits per heavy atom. The second-order valence-electron chi connectivity index (χ2n) is 9.44. The van der Waals surface area contributed by atoms with E-state index in [1.54, 1.807) is 19.4 Å². The number of aromatic nitrogens is 6. The van der Waals surface area contributed by atoms with Crippen LogP contribution < -0.4 is 15.4 Å². The summed E-state index contributed by atoms with van der Waals surface area (Å²) in [6.07, 6.45) is 8.38. The van der Waals surface area contributed by atoms with Crippen LogP contribution >= 0.6 is 0 Å². The van der Waals surface area contributed by atoms with Gasteiger partial charge in [-0.05, 0) is 43.9 Å². The van der Waals surface area contributed by atoms with Crippen molar-refractivity contribution in [3.8, 4) is 17.1 Å². The summed E-state index contributed by atoms with van der Waals surface area (Å²) in [6.45, 7) is 3.31. The van der Waals surface area contributed by atoms with Gasteiger partial charge in [0.25, 0.3) is 0 Å². The predicted molar refractivity (Wildman–Crippen MR) is 150 cm³/mol. The minimum Gasteiger partial charge on any atom is -0.481 e. The van der Waals surface area contributed by atoms with Crippen molar-refractivity contribution >= 4 is 28.4 Å². The number of hydrogen-bond acceptors (Lipinski definition) is 9. The molecule has 10 heteroatoms. The van der Waals surface area contributed by atoms with Gasteiger partial charge in [-0.1, -0.05) is 30.3 Å². The molecule has 39 heavy (non-hydrogen) atoms. The van der Waals surface area contributed by atoms with Crippen molar-refractivity contribution in [1.29, 1.82) is 0 Å². The van der Waals surface area contributed by atoms with Crippen molar-refractivity contribution in [3.63, 3.8) is 0 Å². The third kappa shape index (κ3) is 5.37. The van der Waals surface area contributed by atoms with Crippen LogP contribution in [-0.2, 0) is 11.3 Å². The number of nitrogens with one attached hydrogen (secondary N) is 2. The Bertz CT molecular complexity index is 1560. The Balaban J connectivity index is 1.42. The number of benzene rings is 1. The highest BCUT2D eigenvalue weighted by atomic mass is 16.5. The highest BCUT2D eigenvalue weighted by Gasteiger charge is 2.23. The molecule has 0 amide bonds. The van der Waals surface area contributed by atoms with Crippen molar-refractivity contribution in [2.75, 3.05) is 24.4 Å². The number of ether oxygens (including phenoxy) is 2. The van der Waals surface area contributed by atoms with Crippen LogP contribution in [0.1, 0.15) is 36.9 Å². The molecule has 6 rings (SSSR count). The van der Waals surface area contributed by atoms with Crippen molar-refractivity contribution < 1.29 is 9.47 Å². The molecule has 1 aromatic carbocycles. The SMILES string of the molecule is COc1ccc(Nc2ncc(NCc3ccccc3)cc2-c2nc(C)nc3c2ncn3C2CCCCO2)cn1. The van der Waals surface area contributed by atoms with Gasteiger partial charge in [-0.25, -0.2) is 24.9 Å². The van der Waals surface area contributed by atoms with E-state index in [9.17, 15) is 0 Å². The van der Waals surface area contributed by atoms with Gasteiger partial charge in [0.15, 0.2) is 5.65 Å². The summed E-state index contributed by atoms with van der Waals surface area (Å²) in [5, 5.41) is 6.89. The fraction of sp³-hybridized carbons (Fsp3) is 0.276. The fourth-order valence-corrected chi connectivity index (χ4v) is 4.72. The van der Waals surface area contributed by atoms with E-state index in [0.29, 0.717) is 35.3 Å². The molecule has 5 heterocycles. The summed E-state index contributed by atoms with van der Waals surface area (Å²) in [5.41, 5.74) is 5.78. The van der Waals surface area contributed by atoms with Gasteiger partial charge in [-0.15, -0.1) is 0 Å². The van der Waals surface area contributed by atoms with E-state index in [0.717, 1.165) is 48.5 Å². The number of fused-ring (bicyclic) bond motifs is 1. The molecule has 10 nitrogen and oxygen atoms in total. The smallest absolute Gasteiger partial charge is 0.213 e. The van der Waals surface area contributed by atoms with E-state index in [2.05, 4.69) is 27.8 Å². The van der Waals surface area contributed by atoms with Gasteiger partial charge in [0.2, 0.25) is 5.88 Å². The third-order valence-corrected chi connectivity index (χ3v) is 6.69. The maximum atomic E-state index is 6.04. The quantitative estimate of drug-likeness (QED) is 0.267. The van der Waals surface area contributed by atoms with Gasteiger partial charge in [0.05, 0.1) is 37.2 Å². The minimum atomic E-state index is -0.0779. The highest BCUT2D eigenvalue weighted by Crippen LogP contribution is 2.35. The molecule has 1 unspecified atom stereocenters. The van der Waals surface area contributed by atoms with Crippen LogP contribution in [0.25, 0.3) is 22.4 Å². The number of aryl methyl sites for hydroxylation is 1. The number of imidazole rings is 1. The lowest BCUT2D eigenvalue weighted by molar-refractivity contribution is -0.0298. The molecule has 0 spiro atoms. The largest absolute Gasteiger partial charge is 0.481 e. The first-order valence-electron chi connectivity index (χ1n) is 13.1. The molecule has 1 saturated heterocycles. The standard InChI is InChI=1S/C29H30N8O2/c1-19-34-26(27-29(35-19)37(18-33-27)25-10-6-7-13-39-25)23-14-22(30-15-20-8-4-3-5-9-20)17-32-28(23)36-21-11-12-24(38-2)31-16-21/h3-5,8-9,11-12,14,16-18,25,30H,6-7,10,13,15H2,1-2H3,(H,32,36). The number of methoxy groups -OCH3 is 1. The van der Waals surface area contributed by atoms with E-state index >= 15 is 0 Å². The number of hydrogen-bond donors (Lipinski definition) is 2. The molecule has 0 bridgehead atoms. The van der Waals surface area contributed by atoms with Crippen molar-refractivity contribution in [1.82, 2.24) is 29.5 Å². The third-order valence-electron chi connectivity index (χ3n) is 6.69. The molecule has 5 aromatic rings. The second-order valence-corrected chi connectivity index (χ2v) is 9.44. The number of rotatable bonds is 8. The zero-order valence-electron chi connectivity index (χ0n) is 22.0. The molecule has 1 aliphatic heterocycles. The number of anilines is 3. The molecular formula is C29H30N8O2. The van der Waals surface area contributed by atoms with Crippen molar-refractivity contribution in [2.24, 2.45) is 0 Å².